The quantitative estimate of drug-likeness (QED) is 0.149. The largest absolute Gasteiger partial charge is 0.0616 e. The van der Waals surface area contributed by atoms with Crippen molar-refractivity contribution in [3.8, 4) is 0 Å². The van der Waals surface area contributed by atoms with Crippen LogP contribution in [-0.4, -0.2) is 0 Å². The number of hydrogen-bond acceptors (Lipinski definition) is 0. The first kappa shape index (κ1) is 51.9. The molecule has 0 N–H and O–H groups in total. The molecule has 0 radical (unpaired) electrons. The van der Waals surface area contributed by atoms with Gasteiger partial charge in [-0.3, -0.25) is 0 Å². The van der Waals surface area contributed by atoms with Gasteiger partial charge in [0.05, 0.1) is 0 Å². The highest BCUT2D eigenvalue weighted by atomic mass is 31.1. The third kappa shape index (κ3) is 11.4. The Morgan fingerprint density at radius 2 is 0.406 bits per heavy atom. The van der Waals surface area contributed by atoms with Crippen molar-refractivity contribution >= 4 is 47.7 Å². The summed E-state index contributed by atoms with van der Waals surface area (Å²) in [5, 5.41) is 8.86. The first-order valence-corrected chi connectivity index (χ1v) is 26.8. The summed E-state index contributed by atoms with van der Waals surface area (Å²) >= 11 is 0. The Kier molecular flexibility index (Phi) is 14.2. The van der Waals surface area contributed by atoms with Crippen molar-refractivity contribution in [2.24, 2.45) is 0 Å². The van der Waals surface area contributed by atoms with Crippen LogP contribution in [0.4, 0.5) is 0 Å². The zero-order chi connectivity index (χ0) is 48.6. The van der Waals surface area contributed by atoms with Gasteiger partial charge in [-0.25, -0.2) is 0 Å². The molecule has 5 rings (SSSR count). The molecule has 64 heavy (non-hydrogen) atoms. The van der Waals surface area contributed by atoms with E-state index in [-0.39, 0.29) is 43.3 Å². The summed E-state index contributed by atoms with van der Waals surface area (Å²) in [6, 6.07) is 40.0. The van der Waals surface area contributed by atoms with Gasteiger partial charge in [0.25, 0.3) is 0 Å². The van der Waals surface area contributed by atoms with Crippen LogP contribution in [-0.2, 0) is 43.3 Å². The van der Waals surface area contributed by atoms with Crippen LogP contribution in [0.15, 0.2) is 97.1 Å². The van der Waals surface area contributed by atoms with Crippen molar-refractivity contribution in [1.82, 2.24) is 0 Å². The molecule has 0 aromatic heterocycles. The lowest BCUT2D eigenvalue weighted by atomic mass is 9.80. The summed E-state index contributed by atoms with van der Waals surface area (Å²) in [4.78, 5) is 0. The molecular formula is C62H88P2. The molecule has 0 heterocycles. The minimum absolute atomic E-state index is 0.0313. The lowest BCUT2D eigenvalue weighted by molar-refractivity contribution is 0.570. The Morgan fingerprint density at radius 3 is 0.562 bits per heavy atom. The minimum Gasteiger partial charge on any atom is -0.0616 e. The van der Waals surface area contributed by atoms with Crippen LogP contribution < -0.4 is 31.8 Å². The van der Waals surface area contributed by atoms with Gasteiger partial charge in [-0.05, 0) is 135 Å². The van der Waals surface area contributed by atoms with E-state index in [0.717, 1.165) is 0 Å². The van der Waals surface area contributed by atoms with E-state index in [1.165, 1.54) is 76.3 Å². The molecule has 0 nitrogen and oxygen atoms in total. The Labute approximate surface area is 396 Å². The fourth-order valence-corrected chi connectivity index (χ4v) is 15.5. The van der Waals surface area contributed by atoms with Crippen LogP contribution >= 0.6 is 15.8 Å². The molecule has 0 saturated heterocycles. The summed E-state index contributed by atoms with van der Waals surface area (Å²) in [5.41, 5.74) is 11.2. The van der Waals surface area contributed by atoms with Crippen LogP contribution in [0.2, 0.25) is 0 Å². The second kappa shape index (κ2) is 17.6. The van der Waals surface area contributed by atoms with Crippen molar-refractivity contribution in [2.45, 2.75) is 209 Å². The second-order valence-electron chi connectivity index (χ2n) is 27.1. The number of rotatable bonds is 6. The van der Waals surface area contributed by atoms with Crippen molar-refractivity contribution in [3.63, 3.8) is 0 Å². The van der Waals surface area contributed by atoms with E-state index in [9.17, 15) is 0 Å². The third-order valence-corrected chi connectivity index (χ3v) is 18.4. The molecule has 0 amide bonds. The maximum Gasteiger partial charge on any atom is -0.00673 e. The SMILES string of the molecule is CC(C)(C)c1ccc(P(c2ccccc2P(c2ccc(C(C)(C)C)cc2C(C)(C)C)c2ccc(C(C)(C)C)cc2C(C)(C)C)c2ccc(C(C)(C)C)cc2C(C)(C)C)c(C(C)(C)C)c1. The normalized spacial score (nSPS) is 13.9. The molecule has 0 bridgehead atoms. The molecule has 0 spiro atoms. The molecule has 2 heteroatoms. The first-order chi connectivity index (χ1) is 28.8. The molecule has 346 valence electrons. The average molecular weight is 895 g/mol. The van der Waals surface area contributed by atoms with Gasteiger partial charge >= 0.3 is 0 Å². The van der Waals surface area contributed by atoms with Gasteiger partial charge in [0.15, 0.2) is 0 Å². The molecule has 5 aromatic rings. The molecule has 5 aromatic carbocycles. The zero-order valence-corrected chi connectivity index (χ0v) is 46.9. The van der Waals surface area contributed by atoms with E-state index < -0.39 is 15.8 Å². The van der Waals surface area contributed by atoms with Crippen molar-refractivity contribution in [2.75, 3.05) is 0 Å². The Balaban J connectivity index is 2.09. The smallest absolute Gasteiger partial charge is 0.00673 e. The average Bonchev–Trinajstić information content (AvgIpc) is 3.12. The molecule has 0 aliphatic rings. The van der Waals surface area contributed by atoms with Crippen LogP contribution in [0.25, 0.3) is 0 Å². The predicted molar refractivity (Wildman–Crippen MR) is 293 cm³/mol. The maximum absolute atomic E-state index is 2.57. The maximum atomic E-state index is 2.57. The monoisotopic (exact) mass is 895 g/mol. The standard InChI is InChI=1S/C62H88P2/c1-55(2,3)41-29-33-49(45(37-41)59(13,14)15)63(50-34-30-42(56(4,5)6)38-46(50)60(16,17)18)53-27-25-26-28-54(53)64(51-35-31-43(57(7,8)9)39-47(51)61(19,20)21)52-36-32-44(58(10,11)12)40-48(52)62(22,23)24/h25-40H,1-24H3. The Bertz CT molecular complexity index is 2130. The van der Waals surface area contributed by atoms with E-state index in [1.807, 2.05) is 0 Å². The highest BCUT2D eigenvalue weighted by Crippen LogP contribution is 2.48. The highest BCUT2D eigenvalue weighted by Gasteiger charge is 2.37. The highest BCUT2D eigenvalue weighted by molar-refractivity contribution is 7.85. The van der Waals surface area contributed by atoms with Crippen molar-refractivity contribution in [3.05, 3.63) is 142 Å². The first-order valence-electron chi connectivity index (χ1n) is 24.1. The van der Waals surface area contributed by atoms with Crippen LogP contribution in [0.1, 0.15) is 211 Å². The predicted octanol–water partition coefficient (Wildman–Crippen LogP) is 15.6. The third-order valence-electron chi connectivity index (χ3n) is 13.0. The Hall–Kier alpha value is -3.04. The van der Waals surface area contributed by atoms with E-state index >= 15 is 0 Å². The minimum atomic E-state index is -1.06. The van der Waals surface area contributed by atoms with Gasteiger partial charge < -0.3 is 0 Å². The fraction of sp³-hybridized carbons (Fsp3) is 0.516. The molecule has 0 aliphatic heterocycles. The van der Waals surface area contributed by atoms with Gasteiger partial charge in [-0.15, -0.1) is 0 Å². The number of hydrogen-bond donors (Lipinski definition) is 0. The van der Waals surface area contributed by atoms with Gasteiger partial charge in [0.2, 0.25) is 0 Å². The second-order valence-corrected chi connectivity index (χ2v) is 31.3. The Morgan fingerprint density at radius 1 is 0.219 bits per heavy atom. The number of benzene rings is 5. The van der Waals surface area contributed by atoms with E-state index in [4.69, 9.17) is 0 Å². The van der Waals surface area contributed by atoms with Crippen LogP contribution in [0.5, 0.6) is 0 Å². The van der Waals surface area contributed by atoms with Crippen molar-refractivity contribution < 1.29 is 0 Å². The summed E-state index contributed by atoms with van der Waals surface area (Å²) in [6.45, 7) is 57.4. The van der Waals surface area contributed by atoms with E-state index in [1.54, 1.807) is 0 Å². The molecule has 0 unspecified atom stereocenters. The topological polar surface area (TPSA) is 0 Å². The lowest BCUT2D eigenvalue weighted by Gasteiger charge is -2.38. The summed E-state index contributed by atoms with van der Waals surface area (Å²) in [6.07, 6.45) is 0. The van der Waals surface area contributed by atoms with Crippen molar-refractivity contribution in [1.29, 1.82) is 0 Å². The summed E-state index contributed by atoms with van der Waals surface area (Å²) < 4.78 is 0. The van der Waals surface area contributed by atoms with E-state index in [2.05, 4.69) is 263 Å². The van der Waals surface area contributed by atoms with Gasteiger partial charge in [0, 0.05) is 0 Å². The van der Waals surface area contributed by atoms with E-state index in [0.29, 0.717) is 0 Å². The summed E-state index contributed by atoms with van der Waals surface area (Å²) in [5.74, 6) is 0. The van der Waals surface area contributed by atoms with Crippen LogP contribution in [0, 0.1) is 0 Å². The van der Waals surface area contributed by atoms with Crippen LogP contribution in [0.3, 0.4) is 0 Å². The van der Waals surface area contributed by atoms with Gasteiger partial charge in [0.1, 0.15) is 0 Å². The zero-order valence-electron chi connectivity index (χ0n) is 45.1. The molecule has 0 aliphatic carbocycles. The lowest BCUT2D eigenvalue weighted by Crippen LogP contribution is -2.41. The summed E-state index contributed by atoms with van der Waals surface area (Å²) in [7, 11) is -2.11. The molecular weight excluding hydrogens is 807 g/mol. The molecule has 0 saturated carbocycles. The molecule has 0 fully saturated rings. The van der Waals surface area contributed by atoms with Gasteiger partial charge in [-0.2, -0.15) is 0 Å². The molecule has 0 atom stereocenters. The fourth-order valence-electron chi connectivity index (χ4n) is 8.81. The van der Waals surface area contributed by atoms with Gasteiger partial charge in [-0.1, -0.05) is 263 Å².